The number of carbonyl (C=O) groups excluding carboxylic acids is 1. The highest BCUT2D eigenvalue weighted by Crippen LogP contribution is 2.33. The molecule has 0 radical (unpaired) electrons. The number of hydrogen-bond acceptors (Lipinski definition) is 7. The molecule has 4 aromatic rings. The van der Waals surface area contributed by atoms with Crippen molar-refractivity contribution < 1.29 is 9.18 Å². The van der Waals surface area contributed by atoms with Crippen LogP contribution in [0.5, 0.6) is 0 Å². The zero-order valence-corrected chi connectivity index (χ0v) is 17.3. The van der Waals surface area contributed by atoms with E-state index in [4.69, 9.17) is 0 Å². The van der Waals surface area contributed by atoms with Crippen molar-refractivity contribution in [2.75, 3.05) is 11.1 Å². The van der Waals surface area contributed by atoms with Crippen molar-refractivity contribution in [2.45, 2.75) is 24.5 Å². The number of nitrogens with zero attached hydrogens (tertiary/aromatic N) is 5. The molecule has 0 aliphatic carbocycles. The first kappa shape index (κ1) is 18.9. The average Bonchev–Trinajstić information content (AvgIpc) is 3.42. The van der Waals surface area contributed by atoms with Crippen LogP contribution in [0.3, 0.4) is 0 Å². The van der Waals surface area contributed by atoms with Gasteiger partial charge >= 0.3 is 0 Å². The largest absolute Gasteiger partial charge is 0.302 e. The summed E-state index contributed by atoms with van der Waals surface area (Å²) in [5, 5.41) is 10.3. The molecule has 1 aliphatic rings. The second-order valence-corrected chi connectivity index (χ2v) is 8.70. The average molecular weight is 443 g/mol. The number of carbonyl (C=O) groups is 1. The monoisotopic (exact) mass is 442 g/mol. The second-order valence-electron chi connectivity index (χ2n) is 6.85. The Morgan fingerprint density at radius 1 is 1.30 bits per heavy atom. The maximum Gasteiger partial charge on any atom is 0.265 e. The molecule has 5 rings (SSSR count). The summed E-state index contributed by atoms with van der Waals surface area (Å²) >= 11 is 2.79. The Balaban J connectivity index is 1.46. The fourth-order valence-corrected chi connectivity index (χ4v) is 5.18. The van der Waals surface area contributed by atoms with E-state index in [2.05, 4.69) is 20.4 Å². The van der Waals surface area contributed by atoms with Gasteiger partial charge in [-0.25, -0.2) is 19.0 Å². The Hall–Kier alpha value is -3.05. The van der Waals surface area contributed by atoms with Crippen LogP contribution in [0, 0.1) is 12.7 Å². The van der Waals surface area contributed by atoms with E-state index < -0.39 is 0 Å². The van der Waals surface area contributed by atoms with Gasteiger partial charge in [-0.05, 0) is 31.2 Å². The molecule has 0 fully saturated rings. The second kappa shape index (κ2) is 7.33. The van der Waals surface area contributed by atoms with Crippen LogP contribution in [0.4, 0.5) is 9.52 Å². The molecule has 0 saturated carbocycles. The number of aromatic nitrogens is 5. The number of nitrogens with one attached hydrogen (secondary N) is 1. The zero-order valence-electron chi connectivity index (χ0n) is 15.7. The summed E-state index contributed by atoms with van der Waals surface area (Å²) in [6.07, 6.45) is 1.61. The molecule has 152 valence electrons. The molecule has 3 aromatic heterocycles. The molecular formula is C19H15FN6O2S2. The molecule has 1 amide bonds. The molecule has 0 bridgehead atoms. The van der Waals surface area contributed by atoms with E-state index >= 15 is 0 Å². The van der Waals surface area contributed by atoms with Gasteiger partial charge in [-0.2, -0.15) is 5.10 Å². The molecule has 1 aromatic carbocycles. The van der Waals surface area contributed by atoms with E-state index in [1.54, 1.807) is 16.7 Å². The summed E-state index contributed by atoms with van der Waals surface area (Å²) in [6, 6.07) is 5.51. The van der Waals surface area contributed by atoms with Crippen LogP contribution in [0.2, 0.25) is 0 Å². The van der Waals surface area contributed by atoms with Crippen molar-refractivity contribution in [1.82, 2.24) is 24.3 Å². The lowest BCUT2D eigenvalue weighted by atomic mass is 10.2. The van der Waals surface area contributed by atoms with Crippen LogP contribution in [0.15, 0.2) is 45.8 Å². The third-order valence-electron chi connectivity index (χ3n) is 4.73. The quantitative estimate of drug-likeness (QED) is 0.488. The van der Waals surface area contributed by atoms with Crippen LogP contribution in [0.25, 0.3) is 16.7 Å². The lowest BCUT2D eigenvalue weighted by molar-refractivity contribution is -0.116. The minimum Gasteiger partial charge on any atom is -0.302 e. The predicted octanol–water partition coefficient (Wildman–Crippen LogP) is 3.16. The minimum atomic E-state index is -0.353. The SMILES string of the molecule is Cc1csc(NC(=O)C[C@@H]2CSc3nc4c(cnn4-c4ccc(F)cc4)c(=O)n32)n1. The zero-order chi connectivity index (χ0) is 20.8. The van der Waals surface area contributed by atoms with Crippen molar-refractivity contribution >= 4 is 45.2 Å². The molecule has 1 N–H and O–H groups in total. The van der Waals surface area contributed by atoms with Crippen molar-refractivity contribution in [3.05, 3.63) is 57.7 Å². The first-order valence-corrected chi connectivity index (χ1v) is 11.0. The highest BCUT2D eigenvalue weighted by Gasteiger charge is 2.29. The van der Waals surface area contributed by atoms with Gasteiger partial charge in [-0.3, -0.25) is 14.2 Å². The van der Waals surface area contributed by atoms with Crippen LogP contribution in [-0.4, -0.2) is 36.0 Å². The highest BCUT2D eigenvalue weighted by molar-refractivity contribution is 7.99. The number of aryl methyl sites for hydroxylation is 1. The molecule has 0 unspecified atom stereocenters. The molecule has 0 spiro atoms. The number of thiazole rings is 1. The summed E-state index contributed by atoms with van der Waals surface area (Å²) in [5.74, 6) is 0.0221. The lowest BCUT2D eigenvalue weighted by Gasteiger charge is -2.12. The number of anilines is 1. The summed E-state index contributed by atoms with van der Waals surface area (Å²) in [7, 11) is 0. The molecule has 1 aliphatic heterocycles. The highest BCUT2D eigenvalue weighted by atomic mass is 32.2. The van der Waals surface area contributed by atoms with E-state index in [1.165, 1.54) is 46.1 Å². The van der Waals surface area contributed by atoms with Crippen molar-refractivity contribution in [3.8, 4) is 5.69 Å². The number of thioether (sulfide) groups is 1. The normalized spacial score (nSPS) is 15.5. The van der Waals surface area contributed by atoms with Crippen LogP contribution >= 0.6 is 23.1 Å². The molecule has 4 heterocycles. The Bertz CT molecular complexity index is 1330. The standard InChI is InChI=1S/C19H15FN6O2S2/c1-10-8-29-18(22-10)23-15(27)6-13-9-30-19-24-16-14(17(28)25(13)19)7-21-26(16)12-4-2-11(20)3-5-12/h2-5,7-8,13H,6,9H2,1H3,(H,22,23,27)/t13-/m1/s1. The van der Waals surface area contributed by atoms with Crippen LogP contribution < -0.4 is 10.9 Å². The number of hydrogen-bond donors (Lipinski definition) is 1. The van der Waals surface area contributed by atoms with E-state index in [-0.39, 0.29) is 29.7 Å². The molecule has 1 atom stereocenters. The van der Waals surface area contributed by atoms with Crippen LogP contribution in [0.1, 0.15) is 18.2 Å². The first-order valence-electron chi connectivity index (χ1n) is 9.10. The Morgan fingerprint density at radius 2 is 2.10 bits per heavy atom. The third kappa shape index (κ3) is 3.29. The van der Waals surface area contributed by atoms with Crippen molar-refractivity contribution in [2.24, 2.45) is 0 Å². The number of benzene rings is 1. The number of fused-ring (bicyclic) bond motifs is 2. The van der Waals surface area contributed by atoms with Gasteiger partial charge in [0.25, 0.3) is 5.56 Å². The van der Waals surface area contributed by atoms with Gasteiger partial charge in [0.2, 0.25) is 5.91 Å². The number of halogens is 1. The first-order chi connectivity index (χ1) is 14.5. The van der Waals surface area contributed by atoms with Crippen LogP contribution in [-0.2, 0) is 4.79 Å². The smallest absolute Gasteiger partial charge is 0.265 e. The van der Waals surface area contributed by atoms with Crippen molar-refractivity contribution in [3.63, 3.8) is 0 Å². The fourth-order valence-electron chi connectivity index (χ4n) is 3.35. The van der Waals surface area contributed by atoms with Gasteiger partial charge < -0.3 is 5.32 Å². The van der Waals surface area contributed by atoms with Gasteiger partial charge in [-0.15, -0.1) is 11.3 Å². The molecule has 30 heavy (non-hydrogen) atoms. The topological polar surface area (TPSA) is 94.7 Å². The molecular weight excluding hydrogens is 427 g/mol. The summed E-state index contributed by atoms with van der Waals surface area (Å²) in [6.45, 7) is 1.86. The predicted molar refractivity (Wildman–Crippen MR) is 113 cm³/mol. The summed E-state index contributed by atoms with van der Waals surface area (Å²) in [5.41, 5.74) is 1.63. The Kier molecular flexibility index (Phi) is 4.63. The third-order valence-corrected chi connectivity index (χ3v) is 6.70. The number of rotatable bonds is 4. The number of amides is 1. The van der Waals surface area contributed by atoms with Gasteiger partial charge in [0.1, 0.15) is 11.2 Å². The van der Waals surface area contributed by atoms with Gasteiger partial charge in [0.05, 0.1) is 23.6 Å². The van der Waals surface area contributed by atoms with E-state index in [1.807, 2.05) is 12.3 Å². The maximum atomic E-state index is 13.2. The molecule has 11 heteroatoms. The molecule has 8 nitrogen and oxygen atoms in total. The Morgan fingerprint density at radius 3 is 2.83 bits per heavy atom. The van der Waals surface area contributed by atoms with E-state index in [9.17, 15) is 14.0 Å². The fraction of sp³-hybridized carbons (Fsp3) is 0.211. The maximum absolute atomic E-state index is 13.2. The van der Waals surface area contributed by atoms with E-state index in [0.29, 0.717) is 32.8 Å². The van der Waals surface area contributed by atoms with Gasteiger partial charge in [-0.1, -0.05) is 11.8 Å². The lowest BCUT2D eigenvalue weighted by Crippen LogP contribution is -2.27. The molecule has 0 saturated heterocycles. The van der Waals surface area contributed by atoms with E-state index in [0.717, 1.165) is 5.69 Å². The Labute approximate surface area is 177 Å². The van der Waals surface area contributed by atoms with Gasteiger partial charge in [0.15, 0.2) is 15.9 Å². The van der Waals surface area contributed by atoms with Gasteiger partial charge in [0, 0.05) is 17.6 Å². The summed E-state index contributed by atoms with van der Waals surface area (Å²) < 4.78 is 16.3. The summed E-state index contributed by atoms with van der Waals surface area (Å²) in [4.78, 5) is 34.4. The van der Waals surface area contributed by atoms with Crippen molar-refractivity contribution in [1.29, 1.82) is 0 Å². The minimum absolute atomic E-state index is 0.151.